The predicted molar refractivity (Wildman–Crippen MR) is 107 cm³/mol. The van der Waals surface area contributed by atoms with Crippen LogP contribution in [0.15, 0.2) is 58.3 Å². The van der Waals surface area contributed by atoms with E-state index in [-0.39, 0.29) is 36.4 Å². The molecule has 0 saturated carbocycles. The number of furan rings is 1. The molecule has 0 fully saturated rings. The maximum atomic E-state index is 14.7. The van der Waals surface area contributed by atoms with Gasteiger partial charge in [-0.15, -0.1) is 0 Å². The molecule has 0 radical (unpaired) electrons. The van der Waals surface area contributed by atoms with E-state index >= 15 is 0 Å². The molecule has 1 unspecified atom stereocenters. The van der Waals surface area contributed by atoms with Gasteiger partial charge in [-0.05, 0) is 48.2 Å². The number of nitrogens with zero attached hydrogens (tertiary/aromatic N) is 1. The second-order valence-electron chi connectivity index (χ2n) is 8.94. The van der Waals surface area contributed by atoms with E-state index in [1.54, 1.807) is 19.2 Å². The van der Waals surface area contributed by atoms with Gasteiger partial charge in [0, 0.05) is 17.7 Å². The predicted octanol–water partition coefficient (Wildman–Crippen LogP) is 4.14. The van der Waals surface area contributed by atoms with Gasteiger partial charge in [0.05, 0.1) is 18.4 Å². The minimum absolute atomic E-state index is 0.0186. The molecule has 4 rings (SSSR count). The Kier molecular flexibility index (Phi) is 5.22. The van der Waals surface area contributed by atoms with E-state index in [9.17, 15) is 31.9 Å². The molecule has 1 atom stereocenters. The Morgan fingerprint density at radius 1 is 1.12 bits per heavy atom. The van der Waals surface area contributed by atoms with Crippen LogP contribution in [0.2, 0.25) is 0 Å². The fraction of sp³-hybridized carbons (Fsp3) is 0.348. The van der Waals surface area contributed by atoms with Crippen molar-refractivity contribution >= 4 is 17.6 Å². The summed E-state index contributed by atoms with van der Waals surface area (Å²) in [7, 11) is 0. The number of halogens is 4. The van der Waals surface area contributed by atoms with Gasteiger partial charge in [-0.3, -0.25) is 14.4 Å². The lowest BCUT2D eigenvalue weighted by Crippen LogP contribution is -2.66. The first-order chi connectivity index (χ1) is 15.4. The average molecular weight is 464 g/mol. The molecule has 2 heterocycles. The quantitative estimate of drug-likeness (QED) is 0.690. The molecular weight excluding hydrogens is 444 g/mol. The largest absolute Gasteiger partial charge is 0.467 e. The van der Waals surface area contributed by atoms with Gasteiger partial charge < -0.3 is 14.6 Å². The summed E-state index contributed by atoms with van der Waals surface area (Å²) in [4.78, 5) is 40.1. The van der Waals surface area contributed by atoms with Crippen molar-refractivity contribution in [2.45, 2.75) is 44.9 Å². The number of hydrogen-bond acceptors (Lipinski definition) is 4. The molecule has 10 heteroatoms. The van der Waals surface area contributed by atoms with Gasteiger partial charge in [0.1, 0.15) is 11.6 Å². The van der Waals surface area contributed by atoms with Crippen LogP contribution in [-0.4, -0.2) is 34.2 Å². The summed E-state index contributed by atoms with van der Waals surface area (Å²) in [6.07, 6.45) is -4.22. The molecule has 0 saturated heterocycles. The average Bonchev–Trinajstić information content (AvgIpc) is 3.29. The summed E-state index contributed by atoms with van der Waals surface area (Å²) in [6.45, 7) is 3.10. The normalized spacial score (nSPS) is 22.5. The second-order valence-corrected chi connectivity index (χ2v) is 8.94. The first-order valence-corrected chi connectivity index (χ1v) is 10.1. The molecule has 6 nitrogen and oxygen atoms in total. The van der Waals surface area contributed by atoms with Gasteiger partial charge in [-0.1, -0.05) is 13.8 Å². The van der Waals surface area contributed by atoms with Gasteiger partial charge in [0.25, 0.3) is 11.8 Å². The topological polar surface area (TPSA) is 79.6 Å². The Bertz CT molecular complexity index is 1150. The molecular formula is C23H20F4N2O4. The number of nitrogens with one attached hydrogen (secondary N) is 1. The van der Waals surface area contributed by atoms with E-state index in [0.29, 0.717) is 0 Å². The molecule has 1 aliphatic heterocycles. The number of alkyl halides is 3. The number of ketones is 1. The van der Waals surface area contributed by atoms with Crippen molar-refractivity contribution in [1.29, 1.82) is 0 Å². The van der Waals surface area contributed by atoms with E-state index < -0.39 is 46.1 Å². The minimum atomic E-state index is -5.32. The van der Waals surface area contributed by atoms with Gasteiger partial charge in [0.2, 0.25) is 5.54 Å². The lowest BCUT2D eigenvalue weighted by Gasteiger charge is -2.35. The van der Waals surface area contributed by atoms with Crippen LogP contribution in [0.4, 0.5) is 17.6 Å². The molecule has 33 heavy (non-hydrogen) atoms. The smallest absolute Gasteiger partial charge is 0.425 e. The zero-order valence-electron chi connectivity index (χ0n) is 17.8. The van der Waals surface area contributed by atoms with Gasteiger partial charge in [-0.25, -0.2) is 4.39 Å². The van der Waals surface area contributed by atoms with Crippen LogP contribution in [0.5, 0.6) is 0 Å². The van der Waals surface area contributed by atoms with Crippen LogP contribution in [0.25, 0.3) is 0 Å². The van der Waals surface area contributed by atoms with E-state index in [1.807, 2.05) is 0 Å². The number of carbonyl (C=O) groups is 3. The summed E-state index contributed by atoms with van der Waals surface area (Å²) < 4.78 is 62.4. The van der Waals surface area contributed by atoms with Crippen molar-refractivity contribution in [2.75, 3.05) is 0 Å². The van der Waals surface area contributed by atoms with Crippen LogP contribution >= 0.6 is 0 Å². The second kappa shape index (κ2) is 7.57. The highest BCUT2D eigenvalue weighted by molar-refractivity contribution is 6.14. The number of hydrogen-bond donors (Lipinski definition) is 1. The van der Waals surface area contributed by atoms with Crippen molar-refractivity contribution < 1.29 is 36.4 Å². The molecule has 2 aliphatic rings. The fourth-order valence-electron chi connectivity index (χ4n) is 4.40. The zero-order chi connectivity index (χ0) is 24.2. The van der Waals surface area contributed by atoms with Crippen molar-refractivity contribution in [3.63, 3.8) is 0 Å². The maximum Gasteiger partial charge on any atom is 0.425 e. The highest BCUT2D eigenvalue weighted by Crippen LogP contribution is 2.52. The Hall–Kier alpha value is -3.43. The third kappa shape index (κ3) is 3.73. The Morgan fingerprint density at radius 2 is 1.79 bits per heavy atom. The summed E-state index contributed by atoms with van der Waals surface area (Å²) in [5.74, 6) is -4.08. The van der Waals surface area contributed by atoms with Crippen LogP contribution in [0, 0.1) is 11.2 Å². The number of rotatable bonds is 4. The molecule has 1 aromatic carbocycles. The molecule has 0 spiro atoms. The monoisotopic (exact) mass is 464 g/mol. The lowest BCUT2D eigenvalue weighted by atomic mass is 9.72. The van der Waals surface area contributed by atoms with Crippen LogP contribution in [0.3, 0.4) is 0 Å². The van der Waals surface area contributed by atoms with Crippen molar-refractivity contribution in [3.05, 3.63) is 71.1 Å². The standard InChI is InChI=1S/C23H20F4N2O4/c1-21(2)10-16-18(17(30)11-21)22(23(25,26)27,20(32)29(16)12-15-4-3-9-33-15)28-19(31)13-5-7-14(24)8-6-13/h3-9H,10-12H2,1-2H3,(H,28,31). The number of amides is 2. The molecule has 1 aromatic heterocycles. The number of carbonyl (C=O) groups excluding carboxylic acids is 3. The number of benzene rings is 1. The van der Waals surface area contributed by atoms with Crippen LogP contribution < -0.4 is 5.32 Å². The maximum absolute atomic E-state index is 14.7. The summed E-state index contributed by atoms with van der Waals surface area (Å²) in [6, 6.07) is 6.83. The molecule has 2 amide bonds. The van der Waals surface area contributed by atoms with E-state index in [2.05, 4.69) is 0 Å². The minimum Gasteiger partial charge on any atom is -0.467 e. The summed E-state index contributed by atoms with van der Waals surface area (Å²) in [5.41, 5.74) is -5.41. The number of allylic oxidation sites excluding steroid dienone is 1. The fourth-order valence-corrected chi connectivity index (χ4v) is 4.40. The zero-order valence-corrected chi connectivity index (χ0v) is 17.8. The molecule has 2 aromatic rings. The molecule has 0 bridgehead atoms. The van der Waals surface area contributed by atoms with Crippen molar-refractivity contribution in [3.8, 4) is 0 Å². The highest BCUT2D eigenvalue weighted by Gasteiger charge is 2.71. The molecule has 174 valence electrons. The summed E-state index contributed by atoms with van der Waals surface area (Å²) >= 11 is 0. The Balaban J connectivity index is 1.86. The highest BCUT2D eigenvalue weighted by atomic mass is 19.4. The van der Waals surface area contributed by atoms with E-state index in [1.165, 1.54) is 18.4 Å². The SMILES string of the molecule is CC1(C)CC(=O)C2=C(C1)N(Cc1ccco1)C(=O)C2(NC(=O)c1ccc(F)cc1)C(F)(F)F. The lowest BCUT2D eigenvalue weighted by molar-refractivity contribution is -0.191. The third-order valence-corrected chi connectivity index (χ3v) is 5.85. The molecule has 1 aliphatic carbocycles. The van der Waals surface area contributed by atoms with Gasteiger partial charge in [0.15, 0.2) is 5.78 Å². The van der Waals surface area contributed by atoms with Gasteiger partial charge >= 0.3 is 6.18 Å². The van der Waals surface area contributed by atoms with Gasteiger partial charge in [-0.2, -0.15) is 13.2 Å². The van der Waals surface area contributed by atoms with Crippen LogP contribution in [-0.2, 0) is 16.1 Å². The Labute approximate surface area is 186 Å². The van der Waals surface area contributed by atoms with Crippen LogP contribution in [0.1, 0.15) is 42.8 Å². The first kappa shape index (κ1) is 22.8. The third-order valence-electron chi connectivity index (χ3n) is 5.85. The van der Waals surface area contributed by atoms with Crippen molar-refractivity contribution in [1.82, 2.24) is 10.2 Å². The van der Waals surface area contributed by atoms with E-state index in [0.717, 1.165) is 29.2 Å². The summed E-state index contributed by atoms with van der Waals surface area (Å²) in [5, 5.41) is 1.80. The van der Waals surface area contributed by atoms with E-state index in [4.69, 9.17) is 4.42 Å². The van der Waals surface area contributed by atoms with Crippen molar-refractivity contribution in [2.24, 2.45) is 5.41 Å². The number of Topliss-reactive ketones (excluding diaryl/α,β-unsaturated/α-hetero) is 1. The first-order valence-electron chi connectivity index (χ1n) is 10.1. The Morgan fingerprint density at radius 3 is 2.36 bits per heavy atom. The molecule has 1 N–H and O–H groups in total.